The van der Waals surface area contributed by atoms with Crippen molar-refractivity contribution in [2.75, 3.05) is 39.6 Å². The molecule has 22 heavy (non-hydrogen) atoms. The van der Waals surface area contributed by atoms with Gasteiger partial charge in [0, 0.05) is 6.61 Å². The quantitative estimate of drug-likeness (QED) is 0.458. The molecule has 1 unspecified atom stereocenters. The van der Waals surface area contributed by atoms with Crippen molar-refractivity contribution in [3.8, 4) is 0 Å². The lowest BCUT2D eigenvalue weighted by molar-refractivity contribution is -0.117. The lowest BCUT2D eigenvalue weighted by Gasteiger charge is -2.16. The molecule has 0 aromatic carbocycles. The molecule has 0 aromatic heterocycles. The highest BCUT2D eigenvalue weighted by Gasteiger charge is 2.35. The van der Waals surface area contributed by atoms with Crippen molar-refractivity contribution in [2.24, 2.45) is 0 Å². The molecule has 2 rings (SSSR count). The molecule has 128 valence electrons. The molecule has 3 atom stereocenters. The Hall–Kier alpha value is -0.460. The fraction of sp³-hybridized carbons (Fsp3) is 0.882. The van der Waals surface area contributed by atoms with Crippen LogP contribution in [-0.4, -0.2) is 58.1 Å². The van der Waals surface area contributed by atoms with Gasteiger partial charge in [0.1, 0.15) is 0 Å². The Morgan fingerprint density at radius 2 is 1.36 bits per heavy atom. The maximum absolute atomic E-state index is 5.93. The molecule has 0 aromatic rings. The van der Waals surface area contributed by atoms with Gasteiger partial charge in [-0.3, -0.25) is 0 Å². The van der Waals surface area contributed by atoms with Crippen LogP contribution in [0.15, 0.2) is 12.2 Å². The van der Waals surface area contributed by atoms with Crippen LogP contribution in [-0.2, 0) is 23.7 Å². The van der Waals surface area contributed by atoms with Crippen LogP contribution in [0.3, 0.4) is 0 Å². The van der Waals surface area contributed by atoms with E-state index in [0.717, 1.165) is 38.7 Å². The van der Waals surface area contributed by atoms with E-state index in [-0.39, 0.29) is 18.5 Å². The van der Waals surface area contributed by atoms with Gasteiger partial charge in [-0.2, -0.15) is 0 Å². The highest BCUT2D eigenvalue weighted by molar-refractivity contribution is 4.90. The summed E-state index contributed by atoms with van der Waals surface area (Å²) in [6, 6.07) is 0. The van der Waals surface area contributed by atoms with E-state index in [0.29, 0.717) is 33.0 Å². The summed E-state index contributed by atoms with van der Waals surface area (Å²) in [6.07, 6.45) is 9.99. The first-order valence-corrected chi connectivity index (χ1v) is 8.59. The van der Waals surface area contributed by atoms with E-state index in [2.05, 4.69) is 19.1 Å². The number of ether oxygens (including phenoxy) is 5. The van der Waals surface area contributed by atoms with E-state index in [4.69, 9.17) is 23.7 Å². The minimum Gasteiger partial charge on any atom is -0.379 e. The van der Waals surface area contributed by atoms with E-state index in [1.807, 2.05) is 0 Å². The van der Waals surface area contributed by atoms with Crippen molar-refractivity contribution in [1.29, 1.82) is 0 Å². The minimum absolute atomic E-state index is 0.221. The van der Waals surface area contributed by atoms with Crippen molar-refractivity contribution in [1.82, 2.24) is 0 Å². The van der Waals surface area contributed by atoms with Gasteiger partial charge in [0.25, 0.3) is 0 Å². The third-order valence-electron chi connectivity index (χ3n) is 3.82. The van der Waals surface area contributed by atoms with Gasteiger partial charge in [0.2, 0.25) is 0 Å². The Morgan fingerprint density at radius 3 is 1.95 bits per heavy atom. The van der Waals surface area contributed by atoms with Crippen molar-refractivity contribution in [3.05, 3.63) is 12.2 Å². The average molecular weight is 314 g/mol. The lowest BCUT2D eigenvalue weighted by atomic mass is 10.0. The fourth-order valence-corrected chi connectivity index (χ4v) is 2.70. The zero-order valence-electron chi connectivity index (χ0n) is 13.7. The van der Waals surface area contributed by atoms with Crippen LogP contribution in [0.25, 0.3) is 0 Å². The highest BCUT2D eigenvalue weighted by atomic mass is 16.7. The Bertz CT molecular complexity index is 289. The topological polar surface area (TPSA) is 46.2 Å². The smallest absolute Gasteiger partial charge is 0.181 e. The van der Waals surface area contributed by atoms with E-state index >= 15 is 0 Å². The number of hydrogen-bond acceptors (Lipinski definition) is 5. The van der Waals surface area contributed by atoms with Gasteiger partial charge in [-0.15, -0.1) is 0 Å². The SMILES string of the molecule is CCCOCCOCCOCC1O[C@H]2CC/C=C/CC[C@H]2O1. The molecule has 1 saturated heterocycles. The first kappa shape index (κ1) is 17.9. The number of allylic oxidation sites excluding steroid dienone is 2. The Morgan fingerprint density at radius 1 is 0.818 bits per heavy atom. The normalized spacial score (nSPS) is 29.8. The van der Waals surface area contributed by atoms with E-state index < -0.39 is 0 Å². The summed E-state index contributed by atoms with van der Waals surface area (Å²) in [4.78, 5) is 0. The van der Waals surface area contributed by atoms with Gasteiger partial charge < -0.3 is 23.7 Å². The van der Waals surface area contributed by atoms with Gasteiger partial charge in [-0.1, -0.05) is 19.1 Å². The molecule has 0 bridgehead atoms. The van der Waals surface area contributed by atoms with Gasteiger partial charge >= 0.3 is 0 Å². The highest BCUT2D eigenvalue weighted by Crippen LogP contribution is 2.28. The fourth-order valence-electron chi connectivity index (χ4n) is 2.70. The second-order valence-electron chi connectivity index (χ2n) is 5.70. The average Bonchev–Trinajstić information content (AvgIpc) is 2.87. The second-order valence-corrected chi connectivity index (χ2v) is 5.70. The first-order chi connectivity index (χ1) is 10.9. The number of rotatable bonds is 10. The maximum atomic E-state index is 5.93. The van der Waals surface area contributed by atoms with Gasteiger partial charge in [0.15, 0.2) is 6.29 Å². The third-order valence-corrected chi connectivity index (χ3v) is 3.82. The predicted molar refractivity (Wildman–Crippen MR) is 83.9 cm³/mol. The second kappa shape index (κ2) is 11.1. The zero-order valence-corrected chi connectivity index (χ0v) is 13.7. The van der Waals surface area contributed by atoms with Crippen molar-refractivity contribution >= 4 is 0 Å². The molecule has 1 aliphatic carbocycles. The summed E-state index contributed by atoms with van der Waals surface area (Å²) in [5.74, 6) is 0. The molecule has 1 fully saturated rings. The van der Waals surface area contributed by atoms with Gasteiger partial charge in [-0.25, -0.2) is 0 Å². The summed E-state index contributed by atoms with van der Waals surface area (Å²) < 4.78 is 28.2. The minimum atomic E-state index is -0.221. The first-order valence-electron chi connectivity index (χ1n) is 8.59. The van der Waals surface area contributed by atoms with Crippen LogP contribution >= 0.6 is 0 Å². The van der Waals surface area contributed by atoms with E-state index in [9.17, 15) is 0 Å². The molecular weight excluding hydrogens is 284 g/mol. The molecule has 5 heteroatoms. The third kappa shape index (κ3) is 6.75. The summed E-state index contributed by atoms with van der Waals surface area (Å²) in [7, 11) is 0. The Labute approximate surface area is 133 Å². The van der Waals surface area contributed by atoms with Gasteiger partial charge in [-0.05, 0) is 32.1 Å². The molecule has 0 N–H and O–H groups in total. The molecule has 1 aliphatic heterocycles. The molecule has 0 spiro atoms. The zero-order chi connectivity index (χ0) is 15.5. The van der Waals surface area contributed by atoms with Crippen LogP contribution in [0.4, 0.5) is 0 Å². The van der Waals surface area contributed by atoms with Crippen molar-refractivity contribution in [2.45, 2.75) is 57.5 Å². The summed E-state index contributed by atoms with van der Waals surface area (Å²) in [6.45, 7) is 5.80. The van der Waals surface area contributed by atoms with E-state index in [1.165, 1.54) is 0 Å². The molecule has 0 radical (unpaired) electrons. The standard InChI is InChI=1S/C17H30O5/c1-2-9-18-10-11-19-12-13-20-14-17-21-15-7-5-3-4-6-8-16(15)22-17/h3-4,15-17H,2,5-14H2,1H3/b4-3+/t15-,16+,17?. The molecule has 2 aliphatic rings. The maximum Gasteiger partial charge on any atom is 0.181 e. The lowest BCUT2D eigenvalue weighted by Crippen LogP contribution is -2.22. The summed E-state index contributed by atoms with van der Waals surface area (Å²) in [5, 5.41) is 0. The monoisotopic (exact) mass is 314 g/mol. The van der Waals surface area contributed by atoms with Crippen molar-refractivity contribution < 1.29 is 23.7 Å². The molecule has 1 heterocycles. The largest absolute Gasteiger partial charge is 0.379 e. The van der Waals surface area contributed by atoms with Crippen LogP contribution < -0.4 is 0 Å². The van der Waals surface area contributed by atoms with Crippen LogP contribution in [0, 0.1) is 0 Å². The summed E-state index contributed by atoms with van der Waals surface area (Å²) in [5.41, 5.74) is 0. The molecule has 5 nitrogen and oxygen atoms in total. The van der Waals surface area contributed by atoms with Crippen molar-refractivity contribution in [3.63, 3.8) is 0 Å². The van der Waals surface area contributed by atoms with E-state index in [1.54, 1.807) is 0 Å². The molecule has 0 saturated carbocycles. The van der Waals surface area contributed by atoms with Crippen LogP contribution in [0.1, 0.15) is 39.0 Å². The van der Waals surface area contributed by atoms with Crippen LogP contribution in [0.2, 0.25) is 0 Å². The number of hydrogen-bond donors (Lipinski definition) is 0. The predicted octanol–water partition coefficient (Wildman–Crippen LogP) is 2.69. The van der Waals surface area contributed by atoms with Gasteiger partial charge in [0.05, 0.1) is 45.2 Å². The molecule has 0 amide bonds. The summed E-state index contributed by atoms with van der Waals surface area (Å²) >= 11 is 0. The molecular formula is C17H30O5. The van der Waals surface area contributed by atoms with Crippen LogP contribution in [0.5, 0.6) is 0 Å². The Balaban J connectivity index is 1.46. The Kier molecular flexibility index (Phi) is 9.05. The number of fused-ring (bicyclic) bond motifs is 1.